The molecular weight excluding hydrogens is 278 g/mol. The first-order chi connectivity index (χ1) is 10.1. The first kappa shape index (κ1) is 14.0. The molecule has 0 aromatic carbocycles. The molecule has 4 N–H and O–H groups in total. The largest absolute Gasteiger partial charge is 0.388 e. The molecule has 1 unspecified atom stereocenters. The van der Waals surface area contributed by atoms with Crippen molar-refractivity contribution in [3.8, 4) is 0 Å². The van der Waals surface area contributed by atoms with Crippen molar-refractivity contribution in [3.63, 3.8) is 0 Å². The Hall–Kier alpha value is -2.00. The fourth-order valence-electron chi connectivity index (χ4n) is 2.21. The molecule has 0 radical (unpaired) electrons. The van der Waals surface area contributed by atoms with Crippen LogP contribution in [0.2, 0.25) is 0 Å². The molecular formula is C13H15N3O5. The maximum Gasteiger partial charge on any atom is 0.281 e. The molecule has 0 spiro atoms. The Balaban J connectivity index is 1.88. The van der Waals surface area contributed by atoms with Gasteiger partial charge < -0.3 is 25.4 Å². The van der Waals surface area contributed by atoms with Crippen LogP contribution in [0, 0.1) is 0 Å². The number of ether oxygens (including phenoxy) is 1. The molecule has 3 heterocycles. The molecule has 1 fully saturated rings. The van der Waals surface area contributed by atoms with E-state index in [9.17, 15) is 20.1 Å². The predicted octanol–water partition coefficient (Wildman–Crippen LogP) is -1.45. The van der Waals surface area contributed by atoms with Crippen LogP contribution in [-0.2, 0) is 4.74 Å². The van der Waals surface area contributed by atoms with Crippen LogP contribution in [0.5, 0.6) is 0 Å². The lowest BCUT2D eigenvalue weighted by Gasteiger charge is -2.35. The molecule has 21 heavy (non-hydrogen) atoms. The van der Waals surface area contributed by atoms with E-state index in [1.165, 1.54) is 10.6 Å². The summed E-state index contributed by atoms with van der Waals surface area (Å²) in [5, 5.41) is 31.6. The lowest BCUT2D eigenvalue weighted by atomic mass is 10.0. The van der Waals surface area contributed by atoms with Gasteiger partial charge in [-0.15, -0.1) is 0 Å². The van der Waals surface area contributed by atoms with Crippen LogP contribution in [0.15, 0.2) is 35.4 Å². The van der Waals surface area contributed by atoms with Crippen LogP contribution in [0.1, 0.15) is 0 Å². The molecule has 0 bridgehead atoms. The van der Waals surface area contributed by atoms with Crippen molar-refractivity contribution in [2.24, 2.45) is 0 Å². The summed E-state index contributed by atoms with van der Waals surface area (Å²) in [7, 11) is 0. The SMILES string of the molecule is O=c1c(NC2OC[C@@H](O)[C@@H](O)[C@@H]2O)cnc2ccccn12. The highest BCUT2D eigenvalue weighted by molar-refractivity contribution is 5.47. The molecule has 1 aliphatic heterocycles. The van der Waals surface area contributed by atoms with Crippen molar-refractivity contribution < 1.29 is 20.1 Å². The summed E-state index contributed by atoms with van der Waals surface area (Å²) in [4.78, 5) is 16.4. The molecule has 0 aliphatic carbocycles. The maximum atomic E-state index is 12.3. The van der Waals surface area contributed by atoms with E-state index < -0.39 is 24.5 Å². The second-order valence-corrected chi connectivity index (χ2v) is 4.85. The monoisotopic (exact) mass is 293 g/mol. The Morgan fingerprint density at radius 2 is 2.10 bits per heavy atom. The number of pyridine rings is 1. The van der Waals surface area contributed by atoms with Crippen molar-refractivity contribution in [2.75, 3.05) is 11.9 Å². The third-order valence-corrected chi connectivity index (χ3v) is 3.41. The second-order valence-electron chi connectivity index (χ2n) is 4.85. The highest BCUT2D eigenvalue weighted by Gasteiger charge is 2.37. The summed E-state index contributed by atoms with van der Waals surface area (Å²) >= 11 is 0. The molecule has 8 heteroatoms. The van der Waals surface area contributed by atoms with E-state index in [1.54, 1.807) is 24.4 Å². The zero-order valence-corrected chi connectivity index (χ0v) is 11.0. The van der Waals surface area contributed by atoms with Gasteiger partial charge in [-0.3, -0.25) is 9.20 Å². The summed E-state index contributed by atoms with van der Waals surface area (Å²) in [6.07, 6.45) is -1.94. The van der Waals surface area contributed by atoms with Gasteiger partial charge in [0.1, 0.15) is 29.6 Å². The summed E-state index contributed by atoms with van der Waals surface area (Å²) in [5.74, 6) is 0. The van der Waals surface area contributed by atoms with E-state index >= 15 is 0 Å². The number of fused-ring (bicyclic) bond motifs is 1. The average Bonchev–Trinajstić information content (AvgIpc) is 2.50. The number of aliphatic hydroxyl groups is 3. The van der Waals surface area contributed by atoms with Crippen LogP contribution < -0.4 is 10.9 Å². The van der Waals surface area contributed by atoms with Crippen LogP contribution in [0.25, 0.3) is 5.65 Å². The summed E-state index contributed by atoms with van der Waals surface area (Å²) in [6.45, 7) is -0.141. The Kier molecular flexibility index (Phi) is 3.60. The molecule has 8 nitrogen and oxygen atoms in total. The third kappa shape index (κ3) is 2.49. The Morgan fingerprint density at radius 1 is 1.29 bits per heavy atom. The van der Waals surface area contributed by atoms with Crippen molar-refractivity contribution in [1.82, 2.24) is 9.38 Å². The predicted molar refractivity (Wildman–Crippen MR) is 72.8 cm³/mol. The van der Waals surface area contributed by atoms with Gasteiger partial charge in [-0.05, 0) is 12.1 Å². The lowest BCUT2D eigenvalue weighted by molar-refractivity contribution is -0.178. The van der Waals surface area contributed by atoms with Gasteiger partial charge in [0.25, 0.3) is 5.56 Å². The molecule has 1 aliphatic rings. The minimum atomic E-state index is -1.36. The fraction of sp³-hybridized carbons (Fsp3) is 0.385. The highest BCUT2D eigenvalue weighted by Crippen LogP contribution is 2.16. The number of rotatable bonds is 2. The molecule has 2 aromatic rings. The summed E-state index contributed by atoms with van der Waals surface area (Å²) in [5.41, 5.74) is 0.275. The van der Waals surface area contributed by atoms with Crippen molar-refractivity contribution in [1.29, 1.82) is 0 Å². The van der Waals surface area contributed by atoms with Crippen LogP contribution in [-0.4, -0.2) is 55.9 Å². The van der Waals surface area contributed by atoms with Crippen LogP contribution in [0.3, 0.4) is 0 Å². The Labute approximate surface area is 119 Å². The first-order valence-electron chi connectivity index (χ1n) is 6.46. The second kappa shape index (κ2) is 5.41. The van der Waals surface area contributed by atoms with Gasteiger partial charge in [-0.2, -0.15) is 0 Å². The minimum absolute atomic E-state index is 0.131. The average molecular weight is 293 g/mol. The number of hydrogen-bond donors (Lipinski definition) is 4. The van der Waals surface area contributed by atoms with E-state index in [-0.39, 0.29) is 17.9 Å². The highest BCUT2D eigenvalue weighted by atomic mass is 16.5. The van der Waals surface area contributed by atoms with Crippen molar-refractivity contribution in [3.05, 3.63) is 40.9 Å². The van der Waals surface area contributed by atoms with Gasteiger partial charge in [0.2, 0.25) is 0 Å². The topological polar surface area (TPSA) is 116 Å². The first-order valence-corrected chi connectivity index (χ1v) is 6.46. The number of aromatic nitrogens is 2. The van der Waals surface area contributed by atoms with E-state index in [4.69, 9.17) is 4.74 Å². The smallest absolute Gasteiger partial charge is 0.281 e. The van der Waals surface area contributed by atoms with Gasteiger partial charge in [0.05, 0.1) is 12.8 Å². The standard InChI is InChI=1S/C13H15N3O5/c17-8-6-21-12(11(19)10(8)18)15-7-5-14-9-3-1-2-4-16(9)13(7)20/h1-5,8,10-12,15,17-19H,6H2/t8-,10-,11+,12?/m1/s1. The van der Waals surface area contributed by atoms with Gasteiger partial charge in [0.15, 0.2) is 6.23 Å². The lowest BCUT2D eigenvalue weighted by Crippen LogP contribution is -2.55. The molecule has 3 rings (SSSR count). The van der Waals surface area contributed by atoms with E-state index in [1.807, 2.05) is 0 Å². The van der Waals surface area contributed by atoms with Gasteiger partial charge >= 0.3 is 0 Å². The third-order valence-electron chi connectivity index (χ3n) is 3.41. The molecule has 0 amide bonds. The minimum Gasteiger partial charge on any atom is -0.388 e. The molecule has 112 valence electrons. The van der Waals surface area contributed by atoms with E-state index in [0.29, 0.717) is 5.65 Å². The summed E-state index contributed by atoms with van der Waals surface area (Å²) in [6, 6.07) is 5.16. The molecule has 1 saturated heterocycles. The van der Waals surface area contributed by atoms with E-state index in [2.05, 4.69) is 10.3 Å². The van der Waals surface area contributed by atoms with Gasteiger partial charge in [-0.25, -0.2) is 4.98 Å². The van der Waals surface area contributed by atoms with Crippen molar-refractivity contribution >= 4 is 11.3 Å². The number of nitrogens with one attached hydrogen (secondary N) is 1. The Morgan fingerprint density at radius 3 is 2.90 bits per heavy atom. The Bertz CT molecular complexity index is 704. The van der Waals surface area contributed by atoms with Crippen LogP contribution >= 0.6 is 0 Å². The van der Waals surface area contributed by atoms with Gasteiger partial charge in [0, 0.05) is 6.20 Å². The fourth-order valence-corrected chi connectivity index (χ4v) is 2.21. The number of anilines is 1. The van der Waals surface area contributed by atoms with Crippen LogP contribution in [0.4, 0.5) is 5.69 Å². The molecule has 2 aromatic heterocycles. The zero-order valence-electron chi connectivity index (χ0n) is 11.0. The van der Waals surface area contributed by atoms with Gasteiger partial charge in [-0.1, -0.05) is 6.07 Å². The number of nitrogens with zero attached hydrogens (tertiary/aromatic N) is 2. The number of hydrogen-bond acceptors (Lipinski definition) is 7. The molecule has 4 atom stereocenters. The van der Waals surface area contributed by atoms with E-state index in [0.717, 1.165) is 0 Å². The normalized spacial score (nSPS) is 29.5. The summed E-state index contributed by atoms with van der Waals surface area (Å²) < 4.78 is 6.55. The zero-order chi connectivity index (χ0) is 15.0. The van der Waals surface area contributed by atoms with Crippen molar-refractivity contribution in [2.45, 2.75) is 24.5 Å². The quantitative estimate of drug-likeness (QED) is 0.535. The number of aliphatic hydroxyl groups excluding tert-OH is 3. The molecule has 0 saturated carbocycles. The maximum absolute atomic E-state index is 12.3.